The van der Waals surface area contributed by atoms with Crippen LogP contribution in [0.3, 0.4) is 0 Å². The molecule has 2 aromatic heterocycles. The van der Waals surface area contributed by atoms with Crippen LogP contribution >= 0.6 is 11.8 Å². The summed E-state index contributed by atoms with van der Waals surface area (Å²) in [5.41, 5.74) is 2.66. The maximum absolute atomic E-state index is 13.1. The molecular weight excluding hydrogens is 384 g/mol. The number of hydrogen-bond donors (Lipinski definition) is 2. The smallest absolute Gasteiger partial charge is 0.257 e. The predicted molar refractivity (Wildman–Crippen MR) is 115 cm³/mol. The topological polar surface area (TPSA) is 87.7 Å². The van der Waals surface area contributed by atoms with E-state index in [0.717, 1.165) is 24.1 Å². The molecule has 0 saturated carbocycles. The van der Waals surface area contributed by atoms with Gasteiger partial charge >= 0.3 is 0 Å². The fourth-order valence-electron chi connectivity index (χ4n) is 4.11. The molecule has 0 unspecified atom stereocenters. The van der Waals surface area contributed by atoms with E-state index in [2.05, 4.69) is 43.0 Å². The average Bonchev–Trinajstić information content (AvgIpc) is 2.66. The number of thioether (sulfide) groups is 1. The fraction of sp³-hybridized carbons (Fsp3) is 0.455. The number of allylic oxidation sites excluding steroid dienone is 2. The summed E-state index contributed by atoms with van der Waals surface area (Å²) in [4.78, 5) is 38.1. The van der Waals surface area contributed by atoms with Gasteiger partial charge in [-0.2, -0.15) is 0 Å². The quantitative estimate of drug-likeness (QED) is 0.579. The number of fused-ring (bicyclic) bond motifs is 1. The summed E-state index contributed by atoms with van der Waals surface area (Å²) in [5, 5.41) is 4.31. The molecule has 2 atom stereocenters. The van der Waals surface area contributed by atoms with E-state index in [-0.39, 0.29) is 16.8 Å². The molecule has 1 aliphatic heterocycles. The van der Waals surface area contributed by atoms with Crippen molar-refractivity contribution in [1.29, 1.82) is 0 Å². The second-order valence-corrected chi connectivity index (χ2v) is 10.1. The minimum absolute atomic E-state index is 0.0914. The Morgan fingerprint density at radius 1 is 1.24 bits per heavy atom. The lowest BCUT2D eigenvalue weighted by Crippen LogP contribution is -2.37. The van der Waals surface area contributed by atoms with E-state index in [9.17, 15) is 9.59 Å². The molecule has 0 aromatic carbocycles. The highest BCUT2D eigenvalue weighted by Crippen LogP contribution is 2.47. The van der Waals surface area contributed by atoms with Gasteiger partial charge in [-0.15, -0.1) is 0 Å². The second-order valence-electron chi connectivity index (χ2n) is 8.64. The number of hydrogen-bond acceptors (Lipinski definition) is 6. The average molecular weight is 411 g/mol. The molecular formula is C22H26N4O2S. The summed E-state index contributed by atoms with van der Waals surface area (Å²) >= 11 is 1.56. The standard InChI is InChI=1S/C22H26N4O2S/c1-5-12(2)29-21-25-19-18(20(28)26-21)16(13-6-8-23-9-7-13)17-14(24-19)10-22(3,4)11-15(17)27/h6-9,12,16H,5,10-11H2,1-4H3,(H2,24,25,26,28)/t12-,16+/m1/s1. The van der Waals surface area contributed by atoms with Crippen molar-refractivity contribution < 1.29 is 4.79 Å². The lowest BCUT2D eigenvalue weighted by atomic mass is 9.69. The van der Waals surface area contributed by atoms with Crippen molar-refractivity contribution in [3.05, 3.63) is 57.3 Å². The number of carbonyl (C=O) groups excluding carboxylic acids is 1. The maximum atomic E-state index is 13.1. The van der Waals surface area contributed by atoms with Crippen LogP contribution in [0.5, 0.6) is 0 Å². The highest BCUT2D eigenvalue weighted by Gasteiger charge is 2.42. The van der Waals surface area contributed by atoms with Crippen molar-refractivity contribution in [1.82, 2.24) is 15.0 Å². The van der Waals surface area contributed by atoms with Gasteiger partial charge in [0.2, 0.25) is 0 Å². The number of nitrogens with one attached hydrogen (secondary N) is 2. The Morgan fingerprint density at radius 2 is 1.97 bits per heavy atom. The Morgan fingerprint density at radius 3 is 2.66 bits per heavy atom. The largest absolute Gasteiger partial charge is 0.343 e. The summed E-state index contributed by atoms with van der Waals surface area (Å²) in [6.07, 6.45) is 5.60. The number of Topliss-reactive ketones (excluding diaryl/α,β-unsaturated/α-hetero) is 1. The lowest BCUT2D eigenvalue weighted by Gasteiger charge is -2.38. The molecule has 0 fully saturated rings. The molecule has 1 aliphatic carbocycles. The summed E-state index contributed by atoms with van der Waals surface area (Å²) in [7, 11) is 0. The molecule has 152 valence electrons. The van der Waals surface area contributed by atoms with Crippen LogP contribution in [0, 0.1) is 5.41 Å². The van der Waals surface area contributed by atoms with Crippen molar-refractivity contribution in [3.8, 4) is 0 Å². The molecule has 3 heterocycles. The third-order valence-corrected chi connectivity index (χ3v) is 6.78. The number of ketones is 1. The molecule has 7 heteroatoms. The van der Waals surface area contributed by atoms with Crippen molar-refractivity contribution in [2.45, 2.75) is 63.3 Å². The number of carbonyl (C=O) groups is 1. The molecule has 0 saturated heterocycles. The van der Waals surface area contributed by atoms with Gasteiger partial charge in [-0.3, -0.25) is 14.6 Å². The second kappa shape index (κ2) is 7.44. The first-order chi connectivity index (χ1) is 13.8. The number of nitrogens with zero attached hydrogens (tertiary/aromatic N) is 2. The first-order valence-corrected chi connectivity index (χ1v) is 10.9. The molecule has 6 nitrogen and oxygen atoms in total. The van der Waals surface area contributed by atoms with E-state index in [1.165, 1.54) is 0 Å². The van der Waals surface area contributed by atoms with E-state index in [1.54, 1.807) is 24.2 Å². The third kappa shape index (κ3) is 3.75. The molecule has 2 aliphatic rings. The molecule has 0 amide bonds. The van der Waals surface area contributed by atoms with Gasteiger partial charge in [0.1, 0.15) is 5.82 Å². The van der Waals surface area contributed by atoms with Crippen LogP contribution in [0.1, 0.15) is 64.0 Å². The summed E-state index contributed by atoms with van der Waals surface area (Å²) < 4.78 is 0. The zero-order valence-electron chi connectivity index (χ0n) is 17.2. The molecule has 2 N–H and O–H groups in total. The van der Waals surface area contributed by atoms with Crippen LogP contribution in [0.4, 0.5) is 5.82 Å². The van der Waals surface area contributed by atoms with E-state index in [4.69, 9.17) is 4.98 Å². The number of aromatic amines is 1. The molecule has 0 radical (unpaired) electrons. The first kappa shape index (κ1) is 19.9. The maximum Gasteiger partial charge on any atom is 0.257 e. The van der Waals surface area contributed by atoms with Crippen LogP contribution in [-0.4, -0.2) is 26.0 Å². The van der Waals surface area contributed by atoms with Gasteiger partial charge < -0.3 is 10.3 Å². The van der Waals surface area contributed by atoms with Crippen molar-refractivity contribution >= 4 is 23.4 Å². The summed E-state index contributed by atoms with van der Waals surface area (Å²) in [5.74, 6) is 0.228. The number of anilines is 1. The number of pyridine rings is 1. The molecule has 4 rings (SSSR count). The van der Waals surface area contributed by atoms with Crippen LogP contribution in [0.25, 0.3) is 0 Å². The summed E-state index contributed by atoms with van der Waals surface area (Å²) in [6, 6.07) is 3.75. The van der Waals surface area contributed by atoms with Gasteiger partial charge in [-0.25, -0.2) is 4.98 Å². The monoisotopic (exact) mass is 410 g/mol. The number of H-pyrrole nitrogens is 1. The SMILES string of the molecule is CC[C@@H](C)Sc1nc2c(c(=O)[nH]1)[C@@H](c1ccncc1)C1=C(CC(C)(C)CC1=O)N2. The third-order valence-electron chi connectivity index (χ3n) is 5.63. The molecule has 29 heavy (non-hydrogen) atoms. The van der Waals surface area contributed by atoms with Crippen molar-refractivity contribution in [3.63, 3.8) is 0 Å². The number of rotatable bonds is 4. The normalized spacial score (nSPS) is 21.2. The zero-order chi connectivity index (χ0) is 20.8. The van der Waals surface area contributed by atoms with Gasteiger partial charge in [-0.05, 0) is 36.0 Å². The first-order valence-electron chi connectivity index (χ1n) is 10.0. The van der Waals surface area contributed by atoms with E-state index < -0.39 is 5.92 Å². The van der Waals surface area contributed by atoms with Crippen LogP contribution < -0.4 is 10.9 Å². The van der Waals surface area contributed by atoms with E-state index in [0.29, 0.717) is 33.8 Å². The van der Waals surface area contributed by atoms with Crippen LogP contribution in [0.2, 0.25) is 0 Å². The molecule has 0 spiro atoms. The Hall–Kier alpha value is -2.41. The Bertz CT molecular complexity index is 1040. The zero-order valence-corrected chi connectivity index (χ0v) is 18.0. The van der Waals surface area contributed by atoms with E-state index >= 15 is 0 Å². The molecule has 0 bridgehead atoms. The van der Waals surface area contributed by atoms with Crippen molar-refractivity contribution in [2.75, 3.05) is 5.32 Å². The summed E-state index contributed by atoms with van der Waals surface area (Å²) in [6.45, 7) is 8.42. The van der Waals surface area contributed by atoms with Gasteiger partial charge in [0.15, 0.2) is 10.9 Å². The minimum atomic E-state index is -0.424. The lowest BCUT2D eigenvalue weighted by molar-refractivity contribution is -0.118. The Balaban J connectivity index is 1.90. The minimum Gasteiger partial charge on any atom is -0.343 e. The van der Waals surface area contributed by atoms with Crippen LogP contribution in [-0.2, 0) is 4.79 Å². The molecule has 2 aromatic rings. The van der Waals surface area contributed by atoms with Gasteiger partial charge in [0, 0.05) is 41.3 Å². The predicted octanol–water partition coefficient (Wildman–Crippen LogP) is 4.26. The van der Waals surface area contributed by atoms with Crippen LogP contribution in [0.15, 0.2) is 45.7 Å². The van der Waals surface area contributed by atoms with E-state index in [1.807, 2.05) is 12.1 Å². The fourth-order valence-corrected chi connectivity index (χ4v) is 4.96. The number of aromatic nitrogens is 3. The highest BCUT2D eigenvalue weighted by molar-refractivity contribution is 7.99. The van der Waals surface area contributed by atoms with Gasteiger partial charge in [-0.1, -0.05) is 39.5 Å². The van der Waals surface area contributed by atoms with Gasteiger partial charge in [0.05, 0.1) is 5.56 Å². The van der Waals surface area contributed by atoms with Crippen molar-refractivity contribution in [2.24, 2.45) is 5.41 Å². The van der Waals surface area contributed by atoms with Gasteiger partial charge in [0.25, 0.3) is 5.56 Å². The highest BCUT2D eigenvalue weighted by atomic mass is 32.2. The Labute approximate surface area is 174 Å². The Kier molecular flexibility index (Phi) is 5.11.